The average molecular weight is 225 g/mol. The van der Waals surface area contributed by atoms with Gasteiger partial charge in [-0.1, -0.05) is 0 Å². The molecule has 0 aliphatic carbocycles. The molecule has 0 atom stereocenters. The van der Waals surface area contributed by atoms with E-state index in [4.69, 9.17) is 28.3 Å². The van der Waals surface area contributed by atoms with Gasteiger partial charge in [-0.2, -0.15) is 0 Å². The smallest absolute Gasteiger partial charge is 2.00 e. The largest absolute Gasteiger partial charge is 4.00 e. The van der Waals surface area contributed by atoms with Gasteiger partial charge in [-0.3, -0.25) is 0 Å². The van der Waals surface area contributed by atoms with Gasteiger partial charge in [-0.05, 0) is 13.8 Å². The topological polar surface area (TPSA) is 77.2 Å². The van der Waals surface area contributed by atoms with E-state index in [1.54, 1.807) is 13.8 Å². The molecule has 1 N–H and O–H groups in total. The summed E-state index contributed by atoms with van der Waals surface area (Å²) in [6.07, 6.45) is -0.167. The molecule has 0 aliphatic rings. The number of alkyl halides is 2. The quantitative estimate of drug-likeness (QED) is 0.492. The van der Waals surface area contributed by atoms with Gasteiger partial charge in [-0.15, -0.1) is 23.2 Å². The van der Waals surface area contributed by atoms with Gasteiger partial charge in [0.1, 0.15) is 0 Å². The van der Waals surface area contributed by atoms with Crippen molar-refractivity contribution in [2.24, 2.45) is 0 Å². The summed E-state index contributed by atoms with van der Waals surface area (Å²) >= 11 is 9.53. The Morgan fingerprint density at radius 2 is 1.20 bits per heavy atom. The molecular weight excluding hydrogens is 215 g/mol. The van der Waals surface area contributed by atoms with Crippen LogP contribution in [-0.4, -0.2) is 16.5 Å². The third-order valence-electron chi connectivity index (χ3n) is 0. The zero-order chi connectivity index (χ0) is 6.28. The van der Waals surface area contributed by atoms with Gasteiger partial charge < -0.3 is 16.1 Å². The number of halogens is 2. The van der Waals surface area contributed by atoms with Crippen molar-refractivity contribution < 1.29 is 37.8 Å². The molecule has 0 saturated carbocycles. The SMILES string of the molecule is CC(C)O.ClCCl.[O-2].[O-2].[Ti+4]. The van der Waals surface area contributed by atoms with Crippen LogP contribution < -0.4 is 0 Å². The number of aliphatic hydroxyl groups excluding tert-OH is 1. The summed E-state index contributed by atoms with van der Waals surface area (Å²) in [7, 11) is 0. The molecule has 0 aromatic heterocycles. The molecule has 0 radical (unpaired) electrons. The van der Waals surface area contributed by atoms with Crippen molar-refractivity contribution in [2.75, 3.05) is 5.34 Å². The summed E-state index contributed by atoms with van der Waals surface area (Å²) in [6, 6.07) is 0. The summed E-state index contributed by atoms with van der Waals surface area (Å²) in [4.78, 5) is 0. The predicted octanol–water partition coefficient (Wildman–Crippen LogP) is 1.57. The maximum absolute atomic E-state index is 8.06. The van der Waals surface area contributed by atoms with E-state index in [1.165, 1.54) is 0 Å². The Balaban J connectivity index is -0.0000000131. The van der Waals surface area contributed by atoms with Crippen molar-refractivity contribution in [1.29, 1.82) is 0 Å². The molecule has 0 unspecified atom stereocenters. The number of hydrogen-bond donors (Lipinski definition) is 1. The molecule has 0 spiro atoms. The first-order chi connectivity index (χ1) is 3.15. The van der Waals surface area contributed by atoms with Gasteiger partial charge in [0, 0.05) is 6.10 Å². The Morgan fingerprint density at radius 1 is 1.20 bits per heavy atom. The first kappa shape index (κ1) is 30.3. The van der Waals surface area contributed by atoms with Crippen LogP contribution in [0, 0.1) is 0 Å². The molecule has 0 saturated heterocycles. The minimum atomic E-state index is -0.167. The van der Waals surface area contributed by atoms with Gasteiger partial charge in [-0.25, -0.2) is 0 Å². The fourth-order valence-electron chi connectivity index (χ4n) is 0. The Morgan fingerprint density at radius 3 is 1.20 bits per heavy atom. The summed E-state index contributed by atoms with van der Waals surface area (Å²) in [6.45, 7) is 3.44. The van der Waals surface area contributed by atoms with Crippen LogP contribution in [0.4, 0.5) is 0 Å². The zero-order valence-corrected chi connectivity index (χ0v) is 8.88. The summed E-state index contributed by atoms with van der Waals surface area (Å²) in [5.74, 6) is 0. The molecule has 10 heavy (non-hydrogen) atoms. The van der Waals surface area contributed by atoms with E-state index in [-0.39, 0.29) is 44.1 Å². The monoisotopic (exact) mass is 224 g/mol. The maximum Gasteiger partial charge on any atom is 4.00 e. The molecular formula is C4H10Cl2O3Ti. The molecule has 0 rings (SSSR count). The van der Waals surface area contributed by atoms with Crippen molar-refractivity contribution in [3.8, 4) is 0 Å². The second-order valence-corrected chi connectivity index (χ2v) is 2.00. The van der Waals surface area contributed by atoms with E-state index in [9.17, 15) is 0 Å². The Bertz CT molecular complexity index is 29.7. The van der Waals surface area contributed by atoms with E-state index < -0.39 is 0 Å². The van der Waals surface area contributed by atoms with Crippen LogP contribution in [0.3, 0.4) is 0 Å². The van der Waals surface area contributed by atoms with E-state index in [1.807, 2.05) is 0 Å². The fourth-order valence-corrected chi connectivity index (χ4v) is 0. The van der Waals surface area contributed by atoms with E-state index in [0.717, 1.165) is 0 Å². The molecule has 3 nitrogen and oxygen atoms in total. The number of rotatable bonds is 0. The Kier molecular flexibility index (Phi) is 97.1. The van der Waals surface area contributed by atoms with Crippen molar-refractivity contribution in [1.82, 2.24) is 0 Å². The van der Waals surface area contributed by atoms with Crippen molar-refractivity contribution >= 4 is 23.2 Å². The molecule has 0 aromatic rings. The van der Waals surface area contributed by atoms with Crippen LogP contribution in [0.15, 0.2) is 0 Å². The number of aliphatic hydroxyl groups is 1. The molecule has 0 fully saturated rings. The molecule has 0 heterocycles. The first-order valence-corrected chi connectivity index (χ1v) is 3.02. The van der Waals surface area contributed by atoms with Crippen molar-refractivity contribution in [3.05, 3.63) is 0 Å². The second kappa shape index (κ2) is 32.0. The summed E-state index contributed by atoms with van der Waals surface area (Å²) in [5, 5.41) is 8.25. The second-order valence-electron chi connectivity index (χ2n) is 1.19. The molecule has 6 heteroatoms. The standard InChI is InChI=1S/C3H8O.CH2Cl2.2O.Ti/c1-3(2)4;2-1-3;;;/h3-4H,1-2H3;1H2;;;/q;;2*-2;+4. The van der Waals surface area contributed by atoms with Crippen LogP contribution in [0.5, 0.6) is 0 Å². The van der Waals surface area contributed by atoms with Gasteiger partial charge in [0.15, 0.2) is 0 Å². The van der Waals surface area contributed by atoms with Crippen molar-refractivity contribution in [3.63, 3.8) is 0 Å². The van der Waals surface area contributed by atoms with Crippen LogP contribution >= 0.6 is 23.2 Å². The third kappa shape index (κ3) is 445. The molecule has 0 aliphatic heterocycles. The van der Waals surface area contributed by atoms with Crippen LogP contribution in [0.1, 0.15) is 13.8 Å². The predicted molar refractivity (Wildman–Crippen MR) is 35.3 cm³/mol. The van der Waals surface area contributed by atoms with Crippen LogP contribution in [0.25, 0.3) is 0 Å². The van der Waals surface area contributed by atoms with Gasteiger partial charge in [0.2, 0.25) is 0 Å². The maximum atomic E-state index is 8.06. The first-order valence-electron chi connectivity index (χ1n) is 1.95. The van der Waals surface area contributed by atoms with Crippen LogP contribution in [-0.2, 0) is 32.7 Å². The van der Waals surface area contributed by atoms with Gasteiger partial charge in [0.05, 0.1) is 5.34 Å². The third-order valence-corrected chi connectivity index (χ3v) is 0. The molecule has 0 aromatic carbocycles. The van der Waals surface area contributed by atoms with Gasteiger partial charge in [0.25, 0.3) is 0 Å². The van der Waals surface area contributed by atoms with E-state index in [0.29, 0.717) is 0 Å². The minimum Gasteiger partial charge on any atom is -2.00 e. The van der Waals surface area contributed by atoms with Crippen LogP contribution in [0.2, 0.25) is 0 Å². The van der Waals surface area contributed by atoms with Gasteiger partial charge >= 0.3 is 21.7 Å². The average Bonchev–Trinajstić information content (AvgIpc) is 1.33. The summed E-state index contributed by atoms with van der Waals surface area (Å²) in [5.41, 5.74) is 0. The Hall–Kier alpha value is 1.17. The molecule has 62 valence electrons. The number of hydrogen-bond acceptors (Lipinski definition) is 1. The normalized spacial score (nSPS) is 5.40. The Labute approximate surface area is 86.2 Å². The summed E-state index contributed by atoms with van der Waals surface area (Å²) < 4.78 is 0. The molecule has 0 amide bonds. The van der Waals surface area contributed by atoms with E-state index in [2.05, 4.69) is 0 Å². The fraction of sp³-hybridized carbons (Fsp3) is 1.00. The van der Waals surface area contributed by atoms with E-state index >= 15 is 0 Å². The zero-order valence-electron chi connectivity index (χ0n) is 5.80. The molecule has 0 bridgehead atoms. The van der Waals surface area contributed by atoms with Crippen molar-refractivity contribution in [2.45, 2.75) is 20.0 Å². The minimum absolute atomic E-state index is 0.